The number of rotatable bonds is 7. The van der Waals surface area contributed by atoms with E-state index in [9.17, 15) is 4.79 Å². The summed E-state index contributed by atoms with van der Waals surface area (Å²) in [5.41, 5.74) is 0.892. The van der Waals surface area contributed by atoms with Gasteiger partial charge >= 0.3 is 5.97 Å². The van der Waals surface area contributed by atoms with Gasteiger partial charge < -0.3 is 4.74 Å². The van der Waals surface area contributed by atoms with Crippen molar-refractivity contribution in [3.05, 3.63) is 37.0 Å². The van der Waals surface area contributed by atoms with Crippen LogP contribution in [0.1, 0.15) is 39.4 Å². The van der Waals surface area contributed by atoms with E-state index in [0.717, 1.165) is 18.4 Å². The highest BCUT2D eigenvalue weighted by Crippen LogP contribution is 2.11. The van der Waals surface area contributed by atoms with Gasteiger partial charge in [-0.25, -0.2) is 14.5 Å². The molecule has 0 atom stereocenters. The van der Waals surface area contributed by atoms with E-state index in [4.69, 9.17) is 4.74 Å². The predicted molar refractivity (Wildman–Crippen MR) is 79.7 cm³/mol. The summed E-state index contributed by atoms with van der Waals surface area (Å²) in [7, 11) is 0. The van der Waals surface area contributed by atoms with E-state index >= 15 is 0 Å². The summed E-state index contributed by atoms with van der Waals surface area (Å²) in [6, 6.07) is 0. The summed E-state index contributed by atoms with van der Waals surface area (Å²) in [5, 5.41) is 4.26. The zero-order chi connectivity index (χ0) is 15.0. The SMILES string of the molecule is C=CC(=CCCC)c1ncn(C=CC(=O)OC(C)C)n1. The molecular weight excluding hydrogens is 254 g/mol. The second-order valence-corrected chi connectivity index (χ2v) is 4.50. The molecule has 0 saturated carbocycles. The zero-order valence-electron chi connectivity index (χ0n) is 12.2. The minimum Gasteiger partial charge on any atom is -0.460 e. The Balaban J connectivity index is 2.74. The van der Waals surface area contributed by atoms with E-state index in [2.05, 4.69) is 23.6 Å². The highest BCUT2D eigenvalue weighted by molar-refractivity contribution is 5.85. The molecule has 108 valence electrons. The van der Waals surface area contributed by atoms with Gasteiger partial charge in [0.1, 0.15) is 6.33 Å². The molecule has 0 radical (unpaired) electrons. The Bertz CT molecular complexity index is 513. The molecule has 0 saturated heterocycles. The third-order valence-electron chi connectivity index (χ3n) is 2.35. The first-order valence-corrected chi connectivity index (χ1v) is 6.69. The van der Waals surface area contributed by atoms with Crippen LogP contribution in [-0.4, -0.2) is 26.8 Å². The van der Waals surface area contributed by atoms with Crippen LogP contribution in [0.15, 0.2) is 31.1 Å². The Kier molecular flexibility index (Phi) is 6.43. The minimum absolute atomic E-state index is 0.136. The van der Waals surface area contributed by atoms with Gasteiger partial charge in [0.2, 0.25) is 0 Å². The molecule has 1 heterocycles. The molecule has 0 spiro atoms. The summed E-state index contributed by atoms with van der Waals surface area (Å²) < 4.78 is 6.46. The smallest absolute Gasteiger partial charge is 0.332 e. The van der Waals surface area contributed by atoms with Crippen molar-refractivity contribution in [2.24, 2.45) is 0 Å². The van der Waals surface area contributed by atoms with Gasteiger partial charge in [-0.3, -0.25) is 0 Å². The fourth-order valence-electron chi connectivity index (χ4n) is 1.45. The molecule has 0 bridgehead atoms. The van der Waals surface area contributed by atoms with Crippen molar-refractivity contribution in [2.75, 3.05) is 0 Å². The van der Waals surface area contributed by atoms with E-state index in [1.807, 2.05) is 6.08 Å². The highest BCUT2D eigenvalue weighted by Gasteiger charge is 2.04. The quantitative estimate of drug-likeness (QED) is 0.436. The second-order valence-electron chi connectivity index (χ2n) is 4.50. The molecule has 1 aromatic heterocycles. The van der Waals surface area contributed by atoms with Gasteiger partial charge in [0.15, 0.2) is 5.82 Å². The number of hydrogen-bond acceptors (Lipinski definition) is 4. The highest BCUT2D eigenvalue weighted by atomic mass is 16.5. The van der Waals surface area contributed by atoms with E-state index < -0.39 is 5.97 Å². The fourth-order valence-corrected chi connectivity index (χ4v) is 1.45. The molecule has 5 heteroatoms. The van der Waals surface area contributed by atoms with Crippen LogP contribution in [0.4, 0.5) is 0 Å². The first-order chi connectivity index (χ1) is 9.56. The van der Waals surface area contributed by atoms with Crippen LogP contribution >= 0.6 is 0 Å². The van der Waals surface area contributed by atoms with E-state index in [-0.39, 0.29) is 6.10 Å². The largest absolute Gasteiger partial charge is 0.460 e. The number of esters is 1. The lowest BCUT2D eigenvalue weighted by Gasteiger charge is -2.03. The summed E-state index contributed by atoms with van der Waals surface area (Å²) in [4.78, 5) is 15.6. The van der Waals surface area contributed by atoms with Crippen LogP contribution in [0.2, 0.25) is 0 Å². The standard InChI is InChI=1S/C15H21N3O2/c1-5-7-8-13(6-2)15-16-11-18(17-15)10-9-14(19)20-12(3)4/h6,8-12H,2,5,7H2,1,3-4H3. The van der Waals surface area contributed by atoms with Crippen molar-refractivity contribution in [3.63, 3.8) is 0 Å². The fraction of sp³-hybridized carbons (Fsp3) is 0.400. The van der Waals surface area contributed by atoms with Crippen molar-refractivity contribution in [1.82, 2.24) is 14.8 Å². The molecule has 0 unspecified atom stereocenters. The molecule has 1 aromatic rings. The maximum absolute atomic E-state index is 11.4. The van der Waals surface area contributed by atoms with Crippen molar-refractivity contribution in [2.45, 2.75) is 39.7 Å². The van der Waals surface area contributed by atoms with Crippen molar-refractivity contribution in [3.8, 4) is 0 Å². The van der Waals surface area contributed by atoms with Gasteiger partial charge in [0.05, 0.1) is 6.10 Å². The zero-order valence-corrected chi connectivity index (χ0v) is 12.2. The number of ether oxygens (including phenoxy) is 1. The number of carbonyl (C=O) groups excluding carboxylic acids is 1. The average Bonchev–Trinajstić information content (AvgIpc) is 2.85. The third-order valence-corrected chi connectivity index (χ3v) is 2.35. The molecule has 20 heavy (non-hydrogen) atoms. The van der Waals surface area contributed by atoms with Crippen LogP contribution in [0.25, 0.3) is 11.8 Å². The molecule has 0 aromatic carbocycles. The number of aromatic nitrogens is 3. The van der Waals surface area contributed by atoms with Crippen LogP contribution in [0.3, 0.4) is 0 Å². The van der Waals surface area contributed by atoms with Crippen molar-refractivity contribution < 1.29 is 9.53 Å². The summed E-state index contributed by atoms with van der Waals surface area (Å²) in [6.45, 7) is 9.46. The molecule has 0 aliphatic carbocycles. The number of hydrogen-bond donors (Lipinski definition) is 0. The number of unbranched alkanes of at least 4 members (excludes halogenated alkanes) is 1. The number of allylic oxidation sites excluding steroid dienone is 3. The summed E-state index contributed by atoms with van der Waals surface area (Å²) >= 11 is 0. The molecule has 1 rings (SSSR count). The normalized spacial score (nSPS) is 12.1. The molecule has 0 amide bonds. The van der Waals surface area contributed by atoms with Crippen LogP contribution in [0.5, 0.6) is 0 Å². The van der Waals surface area contributed by atoms with E-state index in [1.165, 1.54) is 23.3 Å². The molecule has 0 aliphatic heterocycles. The first-order valence-electron chi connectivity index (χ1n) is 6.69. The molecule has 0 aliphatic rings. The lowest BCUT2D eigenvalue weighted by Crippen LogP contribution is -2.08. The van der Waals surface area contributed by atoms with Crippen LogP contribution < -0.4 is 0 Å². The van der Waals surface area contributed by atoms with Crippen molar-refractivity contribution in [1.29, 1.82) is 0 Å². The Morgan fingerprint density at radius 3 is 2.90 bits per heavy atom. The monoisotopic (exact) mass is 275 g/mol. The van der Waals surface area contributed by atoms with Gasteiger partial charge in [0, 0.05) is 17.8 Å². The first kappa shape index (κ1) is 15.9. The molecule has 0 N–H and O–H groups in total. The Hall–Kier alpha value is -2.17. The lowest BCUT2D eigenvalue weighted by molar-refractivity contribution is -0.141. The molecule has 0 fully saturated rings. The average molecular weight is 275 g/mol. The van der Waals surface area contributed by atoms with Gasteiger partial charge in [-0.15, -0.1) is 5.10 Å². The lowest BCUT2D eigenvalue weighted by atomic mass is 10.2. The van der Waals surface area contributed by atoms with E-state index in [1.54, 1.807) is 19.9 Å². The summed E-state index contributed by atoms with van der Waals surface area (Å²) in [5.74, 6) is 0.192. The Labute approximate surface area is 119 Å². The molecule has 5 nitrogen and oxygen atoms in total. The van der Waals surface area contributed by atoms with E-state index in [0.29, 0.717) is 5.82 Å². The van der Waals surface area contributed by atoms with Gasteiger partial charge in [-0.2, -0.15) is 0 Å². The number of carbonyl (C=O) groups is 1. The van der Waals surface area contributed by atoms with Gasteiger partial charge in [-0.05, 0) is 20.3 Å². The second kappa shape index (κ2) is 8.09. The Morgan fingerprint density at radius 2 is 2.30 bits per heavy atom. The maximum atomic E-state index is 11.4. The maximum Gasteiger partial charge on any atom is 0.332 e. The minimum atomic E-state index is -0.400. The van der Waals surface area contributed by atoms with Gasteiger partial charge in [0.25, 0.3) is 0 Å². The predicted octanol–water partition coefficient (Wildman–Crippen LogP) is 3.07. The topological polar surface area (TPSA) is 57.0 Å². The van der Waals surface area contributed by atoms with Gasteiger partial charge in [-0.1, -0.05) is 32.1 Å². The van der Waals surface area contributed by atoms with Crippen LogP contribution in [-0.2, 0) is 9.53 Å². The van der Waals surface area contributed by atoms with Crippen LogP contribution in [0, 0.1) is 0 Å². The molecular formula is C15H21N3O2. The third kappa shape index (κ3) is 5.22. The summed E-state index contributed by atoms with van der Waals surface area (Å²) in [6.07, 6.45) is 10.0. The Morgan fingerprint density at radius 1 is 1.55 bits per heavy atom. The van der Waals surface area contributed by atoms with Crippen molar-refractivity contribution >= 4 is 17.7 Å². The number of nitrogens with zero attached hydrogens (tertiary/aromatic N) is 3.